The van der Waals surface area contributed by atoms with Crippen molar-refractivity contribution in [3.8, 4) is 0 Å². The molecule has 0 radical (unpaired) electrons. The summed E-state index contributed by atoms with van der Waals surface area (Å²) in [6, 6.07) is 4.57. The first-order valence-electron chi connectivity index (χ1n) is 6.89. The average molecular weight is 282 g/mol. The Morgan fingerprint density at radius 3 is 2.84 bits per heavy atom. The highest BCUT2D eigenvalue weighted by Gasteiger charge is 2.22. The van der Waals surface area contributed by atoms with Gasteiger partial charge in [-0.25, -0.2) is 0 Å². The van der Waals surface area contributed by atoms with Crippen molar-refractivity contribution in [2.24, 2.45) is 5.73 Å². The van der Waals surface area contributed by atoms with E-state index in [9.17, 15) is 4.79 Å². The van der Waals surface area contributed by atoms with Crippen molar-refractivity contribution >= 4 is 17.2 Å². The number of nitrogens with two attached hydrogens (primary N) is 1. The van der Waals surface area contributed by atoms with E-state index in [1.165, 1.54) is 4.88 Å². The summed E-state index contributed by atoms with van der Waals surface area (Å²) in [6.07, 6.45) is 3.02. The fraction of sp³-hybridized carbons (Fsp3) is 0.643. The minimum atomic E-state index is -0.246. The molecule has 0 aromatic carbocycles. The number of hydrogen-bond acceptors (Lipinski definition) is 4. The lowest BCUT2D eigenvalue weighted by atomic mass is 10.0. The number of carbonyl (C=O) groups excluding carboxylic acids is 1. The molecule has 4 nitrogen and oxygen atoms in total. The molecule has 106 valence electrons. The van der Waals surface area contributed by atoms with Gasteiger partial charge in [0.15, 0.2) is 0 Å². The van der Waals surface area contributed by atoms with Gasteiger partial charge >= 0.3 is 0 Å². The Morgan fingerprint density at radius 2 is 2.26 bits per heavy atom. The van der Waals surface area contributed by atoms with E-state index in [0.717, 1.165) is 37.4 Å². The summed E-state index contributed by atoms with van der Waals surface area (Å²) in [6.45, 7) is 4.36. The van der Waals surface area contributed by atoms with Crippen LogP contribution in [0.5, 0.6) is 0 Å². The lowest BCUT2D eigenvalue weighted by molar-refractivity contribution is -0.119. The topological polar surface area (TPSA) is 64.3 Å². The molecule has 1 saturated heterocycles. The van der Waals surface area contributed by atoms with E-state index >= 15 is 0 Å². The summed E-state index contributed by atoms with van der Waals surface area (Å²) in [5, 5.41) is 3.45. The van der Waals surface area contributed by atoms with Crippen molar-refractivity contribution in [1.82, 2.24) is 5.32 Å². The normalized spacial score (nSPS) is 18.4. The lowest BCUT2D eigenvalue weighted by Crippen LogP contribution is -2.39. The maximum Gasteiger partial charge on any atom is 0.227 e. The molecule has 1 fully saturated rings. The number of hydrogen-bond donors (Lipinski definition) is 2. The maximum atomic E-state index is 11.6. The zero-order chi connectivity index (χ0) is 13.7. The summed E-state index contributed by atoms with van der Waals surface area (Å²) in [4.78, 5) is 14.0. The zero-order valence-corrected chi connectivity index (χ0v) is 12.2. The Morgan fingerprint density at radius 1 is 1.53 bits per heavy atom. The Kier molecular flexibility index (Phi) is 5.36. The van der Waals surface area contributed by atoms with Crippen LogP contribution in [0.3, 0.4) is 0 Å². The minimum absolute atomic E-state index is 0.215. The molecule has 0 bridgehead atoms. The van der Waals surface area contributed by atoms with Gasteiger partial charge in [0.05, 0.1) is 5.92 Å². The van der Waals surface area contributed by atoms with E-state index in [-0.39, 0.29) is 11.8 Å². The number of thiophene rings is 1. The highest BCUT2D eigenvalue weighted by atomic mass is 32.1. The highest BCUT2D eigenvalue weighted by molar-refractivity contribution is 7.12. The van der Waals surface area contributed by atoms with E-state index in [4.69, 9.17) is 10.5 Å². The van der Waals surface area contributed by atoms with Gasteiger partial charge in [-0.3, -0.25) is 4.79 Å². The predicted octanol–water partition coefficient (Wildman–Crippen LogP) is 1.65. The average Bonchev–Trinajstić information content (AvgIpc) is 2.88. The van der Waals surface area contributed by atoms with Crippen LogP contribution in [-0.2, 0) is 16.0 Å². The van der Waals surface area contributed by atoms with E-state index in [1.807, 2.05) is 6.07 Å². The first-order chi connectivity index (χ1) is 9.20. The number of primary amides is 1. The van der Waals surface area contributed by atoms with Gasteiger partial charge in [0.1, 0.15) is 0 Å². The van der Waals surface area contributed by atoms with Crippen LogP contribution in [0.2, 0.25) is 0 Å². The van der Waals surface area contributed by atoms with Gasteiger partial charge in [0.2, 0.25) is 5.91 Å². The summed E-state index contributed by atoms with van der Waals surface area (Å²) >= 11 is 1.69. The SMILES string of the molecule is CCc1ccc([C@@H](CNC2CCOCC2)C(N)=O)s1. The van der Waals surface area contributed by atoms with Crippen molar-refractivity contribution < 1.29 is 9.53 Å². The molecule has 1 aromatic heterocycles. The minimum Gasteiger partial charge on any atom is -0.381 e. The Hall–Kier alpha value is -0.910. The molecule has 0 spiro atoms. The fourth-order valence-corrected chi connectivity index (χ4v) is 3.36. The van der Waals surface area contributed by atoms with Gasteiger partial charge in [0, 0.05) is 35.6 Å². The Balaban J connectivity index is 1.93. The van der Waals surface area contributed by atoms with Crippen LogP contribution in [0, 0.1) is 0 Å². The number of ether oxygens (including phenoxy) is 1. The molecule has 19 heavy (non-hydrogen) atoms. The molecule has 0 aliphatic carbocycles. The van der Waals surface area contributed by atoms with Crippen LogP contribution < -0.4 is 11.1 Å². The third-order valence-corrected chi connectivity index (χ3v) is 4.89. The number of aryl methyl sites for hydroxylation is 1. The quantitative estimate of drug-likeness (QED) is 0.834. The van der Waals surface area contributed by atoms with Gasteiger partial charge in [-0.15, -0.1) is 11.3 Å². The standard InChI is InChI=1S/C14H22N2O2S/c1-2-11-3-4-13(19-11)12(14(15)17)9-16-10-5-7-18-8-6-10/h3-4,10,12,16H,2,5-9H2,1H3,(H2,15,17)/t12-/m1/s1. The zero-order valence-electron chi connectivity index (χ0n) is 11.4. The van der Waals surface area contributed by atoms with Crippen LogP contribution in [0.4, 0.5) is 0 Å². The fourth-order valence-electron chi connectivity index (χ4n) is 2.30. The van der Waals surface area contributed by atoms with E-state index < -0.39 is 0 Å². The second kappa shape index (κ2) is 7.03. The molecule has 1 atom stereocenters. The van der Waals surface area contributed by atoms with Crippen LogP contribution >= 0.6 is 11.3 Å². The lowest BCUT2D eigenvalue weighted by Gasteiger charge is -2.24. The number of amides is 1. The van der Waals surface area contributed by atoms with Crippen LogP contribution in [-0.4, -0.2) is 31.7 Å². The molecule has 0 saturated carbocycles. The number of nitrogens with one attached hydrogen (secondary N) is 1. The maximum absolute atomic E-state index is 11.6. The van der Waals surface area contributed by atoms with Gasteiger partial charge in [-0.05, 0) is 31.4 Å². The van der Waals surface area contributed by atoms with Gasteiger partial charge in [-0.1, -0.05) is 6.92 Å². The molecule has 3 N–H and O–H groups in total. The second-order valence-corrected chi connectivity index (χ2v) is 6.11. The van der Waals surface area contributed by atoms with E-state index in [2.05, 4.69) is 18.3 Å². The van der Waals surface area contributed by atoms with E-state index in [1.54, 1.807) is 11.3 Å². The van der Waals surface area contributed by atoms with Crippen molar-refractivity contribution in [2.75, 3.05) is 19.8 Å². The largest absolute Gasteiger partial charge is 0.381 e. The Bertz CT molecular complexity index is 413. The summed E-state index contributed by atoms with van der Waals surface area (Å²) in [5.74, 6) is -0.461. The monoisotopic (exact) mass is 282 g/mol. The number of carbonyl (C=O) groups is 1. The molecule has 2 rings (SSSR count). The molecule has 2 heterocycles. The molecular weight excluding hydrogens is 260 g/mol. The van der Waals surface area contributed by atoms with Crippen molar-refractivity contribution in [2.45, 2.75) is 38.1 Å². The second-order valence-electron chi connectivity index (χ2n) is 4.91. The predicted molar refractivity (Wildman–Crippen MR) is 77.5 cm³/mol. The van der Waals surface area contributed by atoms with Gasteiger partial charge in [0.25, 0.3) is 0 Å². The highest BCUT2D eigenvalue weighted by Crippen LogP contribution is 2.25. The smallest absolute Gasteiger partial charge is 0.227 e. The van der Waals surface area contributed by atoms with Crippen LogP contribution in [0.15, 0.2) is 12.1 Å². The Labute approximate surface area is 118 Å². The van der Waals surface area contributed by atoms with Gasteiger partial charge in [-0.2, -0.15) is 0 Å². The summed E-state index contributed by atoms with van der Waals surface area (Å²) in [7, 11) is 0. The molecule has 1 aliphatic rings. The third-order valence-electron chi connectivity index (χ3n) is 3.55. The van der Waals surface area contributed by atoms with Crippen molar-refractivity contribution in [3.05, 3.63) is 21.9 Å². The molecular formula is C14H22N2O2S. The first kappa shape index (κ1) is 14.5. The van der Waals surface area contributed by atoms with Crippen molar-refractivity contribution in [3.63, 3.8) is 0 Å². The summed E-state index contributed by atoms with van der Waals surface area (Å²) < 4.78 is 5.33. The van der Waals surface area contributed by atoms with Gasteiger partial charge < -0.3 is 15.8 Å². The van der Waals surface area contributed by atoms with Crippen molar-refractivity contribution in [1.29, 1.82) is 0 Å². The first-order valence-corrected chi connectivity index (χ1v) is 7.71. The van der Waals surface area contributed by atoms with Crippen LogP contribution in [0.1, 0.15) is 35.4 Å². The third kappa shape index (κ3) is 4.03. The number of rotatable bonds is 6. The van der Waals surface area contributed by atoms with Crippen LogP contribution in [0.25, 0.3) is 0 Å². The molecule has 0 unspecified atom stereocenters. The molecule has 1 aromatic rings. The molecule has 5 heteroatoms. The van der Waals surface area contributed by atoms with E-state index in [0.29, 0.717) is 12.6 Å². The molecule has 1 aliphatic heterocycles. The summed E-state index contributed by atoms with van der Waals surface area (Å²) in [5.41, 5.74) is 5.54. The molecule has 1 amide bonds.